The van der Waals surface area contributed by atoms with Crippen LogP contribution in [-0.4, -0.2) is 17.0 Å². The second kappa shape index (κ2) is 8.00. The molecule has 2 aromatic carbocycles. The van der Waals surface area contributed by atoms with Crippen molar-refractivity contribution in [2.75, 3.05) is 0 Å². The Labute approximate surface area is 140 Å². The molecular weight excluding hydrogens is 362 g/mol. The summed E-state index contributed by atoms with van der Waals surface area (Å²) in [7, 11) is 0. The van der Waals surface area contributed by atoms with E-state index in [1.54, 1.807) is 48.5 Å². The van der Waals surface area contributed by atoms with Crippen molar-refractivity contribution in [3.8, 4) is 0 Å². The van der Waals surface area contributed by atoms with Gasteiger partial charge in [-0.2, -0.15) is 5.10 Å². The first-order chi connectivity index (χ1) is 11.1. The van der Waals surface area contributed by atoms with Crippen LogP contribution in [0, 0.1) is 10.1 Å². The van der Waals surface area contributed by atoms with Gasteiger partial charge in [-0.3, -0.25) is 14.9 Å². The number of amides is 1. The maximum Gasteiger partial charge on any atom is 0.276 e. The lowest BCUT2D eigenvalue weighted by atomic mass is 10.2. The molecule has 0 saturated carbocycles. The molecule has 0 aliphatic heterocycles. The van der Waals surface area contributed by atoms with Crippen LogP contribution in [0.4, 0.5) is 5.69 Å². The van der Waals surface area contributed by atoms with Crippen LogP contribution in [0.1, 0.15) is 15.9 Å². The Hall–Kier alpha value is -2.80. The van der Waals surface area contributed by atoms with Gasteiger partial charge >= 0.3 is 0 Å². The second-order valence-electron chi connectivity index (χ2n) is 4.37. The molecule has 0 saturated heterocycles. The standard InChI is InChI=1S/C16H12BrN3O3/c17-14-9-3-2-8-13(14)16(21)19-18-11-5-7-12-6-1-4-10-15(12)20(22)23/h1-11H,(H,19,21). The molecule has 0 fully saturated rings. The molecule has 0 spiro atoms. The van der Waals surface area contributed by atoms with E-state index in [0.717, 1.165) is 0 Å². The smallest absolute Gasteiger partial charge is 0.267 e. The largest absolute Gasteiger partial charge is 0.276 e. The van der Waals surface area contributed by atoms with Gasteiger partial charge in [0.2, 0.25) is 0 Å². The summed E-state index contributed by atoms with van der Waals surface area (Å²) in [5.41, 5.74) is 3.31. The van der Waals surface area contributed by atoms with Crippen molar-refractivity contribution in [1.82, 2.24) is 5.43 Å². The number of nitro benzene ring substituents is 1. The molecule has 1 amide bonds. The molecule has 0 atom stereocenters. The van der Waals surface area contributed by atoms with E-state index >= 15 is 0 Å². The number of carbonyl (C=O) groups is 1. The summed E-state index contributed by atoms with van der Waals surface area (Å²) < 4.78 is 0.670. The van der Waals surface area contributed by atoms with Crippen molar-refractivity contribution in [1.29, 1.82) is 0 Å². The van der Waals surface area contributed by atoms with E-state index in [2.05, 4.69) is 26.5 Å². The lowest BCUT2D eigenvalue weighted by Crippen LogP contribution is -2.17. The zero-order valence-electron chi connectivity index (χ0n) is 11.8. The Bertz CT molecular complexity index is 788. The first-order valence-corrected chi connectivity index (χ1v) is 7.37. The third-order valence-corrected chi connectivity index (χ3v) is 3.55. The van der Waals surface area contributed by atoms with E-state index < -0.39 is 4.92 Å². The molecule has 116 valence electrons. The van der Waals surface area contributed by atoms with Gasteiger partial charge in [0.1, 0.15) is 0 Å². The van der Waals surface area contributed by atoms with Crippen molar-refractivity contribution < 1.29 is 9.72 Å². The number of nitro groups is 1. The van der Waals surface area contributed by atoms with E-state index in [4.69, 9.17) is 0 Å². The molecule has 0 bridgehead atoms. The predicted molar refractivity (Wildman–Crippen MR) is 92.2 cm³/mol. The summed E-state index contributed by atoms with van der Waals surface area (Å²) in [6.45, 7) is 0. The molecule has 2 aromatic rings. The Morgan fingerprint density at radius 1 is 1.17 bits per heavy atom. The molecule has 1 N–H and O–H groups in total. The maximum absolute atomic E-state index is 11.9. The van der Waals surface area contributed by atoms with Crippen LogP contribution in [0.15, 0.2) is 64.2 Å². The number of hydrogen-bond donors (Lipinski definition) is 1. The number of carbonyl (C=O) groups excluding carboxylic acids is 1. The highest BCUT2D eigenvalue weighted by atomic mass is 79.9. The number of para-hydroxylation sites is 1. The Kier molecular flexibility index (Phi) is 5.76. The molecule has 6 nitrogen and oxygen atoms in total. The molecule has 0 unspecified atom stereocenters. The van der Waals surface area contributed by atoms with Crippen molar-refractivity contribution >= 4 is 39.8 Å². The quantitative estimate of drug-likeness (QED) is 0.491. The summed E-state index contributed by atoms with van der Waals surface area (Å²) in [6, 6.07) is 13.3. The molecule has 7 heteroatoms. The van der Waals surface area contributed by atoms with Crippen molar-refractivity contribution in [2.45, 2.75) is 0 Å². The molecule has 0 aliphatic carbocycles. The van der Waals surface area contributed by atoms with Crippen LogP contribution in [0.2, 0.25) is 0 Å². The second-order valence-corrected chi connectivity index (χ2v) is 5.23. The third-order valence-electron chi connectivity index (χ3n) is 2.85. The summed E-state index contributed by atoms with van der Waals surface area (Å²) in [5.74, 6) is -0.354. The van der Waals surface area contributed by atoms with Crippen molar-refractivity contribution in [3.63, 3.8) is 0 Å². The van der Waals surface area contributed by atoms with Gasteiger partial charge in [0.15, 0.2) is 0 Å². The number of hydrazone groups is 1. The first-order valence-electron chi connectivity index (χ1n) is 6.57. The number of rotatable bonds is 5. The van der Waals surface area contributed by atoms with Crippen LogP contribution in [0.5, 0.6) is 0 Å². The Balaban J connectivity index is 1.99. The molecule has 0 aromatic heterocycles. The average Bonchev–Trinajstić information content (AvgIpc) is 2.55. The highest BCUT2D eigenvalue weighted by Crippen LogP contribution is 2.18. The van der Waals surface area contributed by atoms with Crippen LogP contribution >= 0.6 is 15.9 Å². The summed E-state index contributed by atoms with van der Waals surface area (Å²) in [6.07, 6.45) is 4.42. The zero-order chi connectivity index (χ0) is 16.7. The minimum Gasteiger partial charge on any atom is -0.267 e. The normalized spacial score (nSPS) is 11.0. The van der Waals surface area contributed by atoms with Crippen molar-refractivity contribution in [2.24, 2.45) is 5.10 Å². The van der Waals surface area contributed by atoms with Crippen LogP contribution < -0.4 is 5.43 Å². The number of allylic oxidation sites excluding steroid dienone is 1. The van der Waals surface area contributed by atoms with Gasteiger partial charge < -0.3 is 0 Å². The van der Waals surface area contributed by atoms with E-state index in [1.165, 1.54) is 18.4 Å². The summed E-state index contributed by atoms with van der Waals surface area (Å²) in [5, 5.41) is 14.6. The lowest BCUT2D eigenvalue weighted by Gasteiger charge is -2.01. The Morgan fingerprint density at radius 2 is 1.87 bits per heavy atom. The fourth-order valence-electron chi connectivity index (χ4n) is 1.79. The molecular formula is C16H12BrN3O3. The van der Waals surface area contributed by atoms with Crippen LogP contribution in [0.3, 0.4) is 0 Å². The first kappa shape index (κ1) is 16.6. The van der Waals surface area contributed by atoms with Gasteiger partial charge in [0.05, 0.1) is 16.1 Å². The lowest BCUT2D eigenvalue weighted by molar-refractivity contribution is -0.385. The number of nitrogens with one attached hydrogen (secondary N) is 1. The minimum absolute atomic E-state index is 0.00871. The van der Waals surface area contributed by atoms with Gasteiger partial charge in [0, 0.05) is 16.8 Å². The van der Waals surface area contributed by atoms with Gasteiger partial charge in [-0.15, -0.1) is 0 Å². The number of nitrogens with zero attached hydrogens (tertiary/aromatic N) is 2. The SMILES string of the molecule is O=C(NN=CC=Cc1ccccc1[N+](=O)[O-])c1ccccc1Br. The molecule has 2 rings (SSSR count). The monoisotopic (exact) mass is 373 g/mol. The van der Waals surface area contributed by atoms with Gasteiger partial charge in [-0.1, -0.05) is 24.3 Å². The van der Waals surface area contributed by atoms with E-state index in [0.29, 0.717) is 15.6 Å². The van der Waals surface area contributed by atoms with Gasteiger partial charge in [0.25, 0.3) is 11.6 Å². The van der Waals surface area contributed by atoms with E-state index in [9.17, 15) is 14.9 Å². The molecule has 0 aliphatic rings. The highest BCUT2D eigenvalue weighted by molar-refractivity contribution is 9.10. The minimum atomic E-state index is -0.453. The topological polar surface area (TPSA) is 84.6 Å². The fourth-order valence-corrected chi connectivity index (χ4v) is 2.25. The van der Waals surface area contributed by atoms with Gasteiger partial charge in [-0.25, -0.2) is 5.43 Å². The number of benzene rings is 2. The third kappa shape index (κ3) is 4.58. The van der Waals surface area contributed by atoms with Crippen LogP contribution in [-0.2, 0) is 0 Å². The molecule has 0 radical (unpaired) electrons. The van der Waals surface area contributed by atoms with Crippen molar-refractivity contribution in [3.05, 3.63) is 80.3 Å². The summed E-state index contributed by atoms with van der Waals surface area (Å²) in [4.78, 5) is 22.3. The van der Waals surface area contributed by atoms with Crippen LogP contribution in [0.25, 0.3) is 6.08 Å². The Morgan fingerprint density at radius 3 is 2.61 bits per heavy atom. The fraction of sp³-hybridized carbons (Fsp3) is 0. The van der Waals surface area contributed by atoms with E-state index in [1.807, 2.05) is 0 Å². The zero-order valence-corrected chi connectivity index (χ0v) is 13.4. The summed E-state index contributed by atoms with van der Waals surface area (Å²) >= 11 is 3.28. The van der Waals surface area contributed by atoms with Gasteiger partial charge in [-0.05, 0) is 46.3 Å². The number of hydrogen-bond acceptors (Lipinski definition) is 4. The molecule has 23 heavy (non-hydrogen) atoms. The average molecular weight is 374 g/mol. The van der Waals surface area contributed by atoms with E-state index in [-0.39, 0.29) is 11.6 Å². The number of halogens is 1. The maximum atomic E-state index is 11.9. The highest BCUT2D eigenvalue weighted by Gasteiger charge is 2.09. The predicted octanol–water partition coefficient (Wildman–Crippen LogP) is 3.79. The molecule has 0 heterocycles.